The summed E-state index contributed by atoms with van der Waals surface area (Å²) in [4.78, 5) is 12.9. The molecule has 0 saturated heterocycles. The van der Waals surface area contributed by atoms with Crippen LogP contribution in [0.15, 0.2) is 40.9 Å². The molecule has 25 heavy (non-hydrogen) atoms. The van der Waals surface area contributed by atoms with Gasteiger partial charge in [0, 0.05) is 12.8 Å². The second kappa shape index (κ2) is 7.79. The normalized spacial score (nSPS) is 10.8. The van der Waals surface area contributed by atoms with Gasteiger partial charge in [0.15, 0.2) is 11.0 Å². The summed E-state index contributed by atoms with van der Waals surface area (Å²) in [5.74, 6) is 1.01. The number of halogens is 1. The molecule has 0 saturated carbocycles. The van der Waals surface area contributed by atoms with Crippen LogP contribution in [0.25, 0.3) is 0 Å². The van der Waals surface area contributed by atoms with Crippen molar-refractivity contribution in [3.63, 3.8) is 0 Å². The first-order valence-electron chi connectivity index (χ1n) is 7.62. The van der Waals surface area contributed by atoms with E-state index < -0.39 is 0 Å². The molecule has 0 radical (unpaired) electrons. The number of rotatable bonds is 6. The molecule has 0 aliphatic heterocycles. The van der Waals surface area contributed by atoms with Gasteiger partial charge in [-0.3, -0.25) is 4.79 Å². The summed E-state index contributed by atoms with van der Waals surface area (Å²) in [7, 11) is 1.87. The maximum atomic E-state index is 12.9. The minimum atomic E-state index is -0.244. The lowest BCUT2D eigenvalue weighted by Crippen LogP contribution is -2.24. The van der Waals surface area contributed by atoms with Crippen LogP contribution in [0, 0.1) is 12.7 Å². The summed E-state index contributed by atoms with van der Waals surface area (Å²) in [6, 6.07) is 8.32. The van der Waals surface area contributed by atoms with E-state index in [9.17, 15) is 9.18 Å². The smallest absolute Gasteiger partial charge is 0.261 e. The largest absolute Gasteiger partial charge is 0.344 e. The summed E-state index contributed by atoms with van der Waals surface area (Å²) in [6.07, 6.45) is 0. The summed E-state index contributed by atoms with van der Waals surface area (Å²) in [6.45, 7) is 2.23. The van der Waals surface area contributed by atoms with E-state index in [1.807, 2.05) is 30.0 Å². The number of nitrogens with one attached hydrogen (secondary N) is 1. The van der Waals surface area contributed by atoms with Crippen LogP contribution in [0.3, 0.4) is 0 Å². The molecular formula is C17H17FN4OS2. The van der Waals surface area contributed by atoms with E-state index in [2.05, 4.69) is 15.5 Å². The lowest BCUT2D eigenvalue weighted by Gasteiger charge is -2.06. The molecule has 1 amide bonds. The molecule has 0 aliphatic carbocycles. The van der Waals surface area contributed by atoms with Crippen molar-refractivity contribution in [1.29, 1.82) is 0 Å². The number of benzene rings is 1. The molecule has 2 heterocycles. The van der Waals surface area contributed by atoms with Crippen molar-refractivity contribution in [2.45, 2.75) is 24.4 Å². The number of aryl methyl sites for hydroxylation is 1. The highest BCUT2D eigenvalue weighted by Gasteiger charge is 2.13. The topological polar surface area (TPSA) is 59.8 Å². The van der Waals surface area contributed by atoms with Crippen molar-refractivity contribution in [2.75, 3.05) is 0 Å². The predicted molar refractivity (Wildman–Crippen MR) is 97.2 cm³/mol. The maximum Gasteiger partial charge on any atom is 0.261 e. The molecule has 3 aromatic rings. The lowest BCUT2D eigenvalue weighted by atomic mass is 10.2. The first-order chi connectivity index (χ1) is 12.0. The molecular weight excluding hydrogens is 359 g/mol. The zero-order chi connectivity index (χ0) is 17.8. The SMILES string of the molecule is Cc1ccsc1C(=O)NCc1nnc(SCc2ccc(F)cc2)n1C. The van der Waals surface area contributed by atoms with E-state index in [4.69, 9.17) is 0 Å². The Morgan fingerprint density at radius 3 is 2.72 bits per heavy atom. The van der Waals surface area contributed by atoms with Gasteiger partial charge in [0.1, 0.15) is 5.82 Å². The molecule has 0 bridgehead atoms. The Balaban J connectivity index is 1.58. The van der Waals surface area contributed by atoms with Gasteiger partial charge < -0.3 is 9.88 Å². The molecule has 2 aromatic heterocycles. The number of carbonyl (C=O) groups excluding carboxylic acids is 1. The van der Waals surface area contributed by atoms with Crippen molar-refractivity contribution in [2.24, 2.45) is 7.05 Å². The van der Waals surface area contributed by atoms with Crippen LogP contribution in [0.5, 0.6) is 0 Å². The van der Waals surface area contributed by atoms with Gasteiger partial charge in [0.05, 0.1) is 11.4 Å². The fourth-order valence-electron chi connectivity index (χ4n) is 2.20. The molecule has 0 aliphatic rings. The second-order valence-electron chi connectivity index (χ2n) is 5.49. The molecule has 0 fully saturated rings. The molecule has 1 aromatic carbocycles. The number of aromatic nitrogens is 3. The molecule has 0 unspecified atom stereocenters. The van der Waals surface area contributed by atoms with Crippen molar-refractivity contribution >= 4 is 29.0 Å². The van der Waals surface area contributed by atoms with E-state index in [-0.39, 0.29) is 11.7 Å². The molecule has 5 nitrogen and oxygen atoms in total. The predicted octanol–water partition coefficient (Wildman–Crippen LogP) is 3.55. The quantitative estimate of drug-likeness (QED) is 0.669. The fraction of sp³-hybridized carbons (Fsp3) is 0.235. The average molecular weight is 376 g/mol. The third kappa shape index (κ3) is 4.26. The summed E-state index contributed by atoms with van der Waals surface area (Å²) >= 11 is 2.94. The Hall–Kier alpha value is -2.19. The number of amides is 1. The molecule has 130 valence electrons. The van der Waals surface area contributed by atoms with Crippen molar-refractivity contribution in [1.82, 2.24) is 20.1 Å². The first-order valence-corrected chi connectivity index (χ1v) is 9.49. The van der Waals surface area contributed by atoms with Gasteiger partial charge in [-0.25, -0.2) is 4.39 Å². The number of nitrogens with zero attached hydrogens (tertiary/aromatic N) is 3. The highest BCUT2D eigenvalue weighted by Crippen LogP contribution is 2.21. The maximum absolute atomic E-state index is 12.9. The highest BCUT2D eigenvalue weighted by atomic mass is 32.2. The third-order valence-corrected chi connectivity index (χ3v) is 5.79. The fourth-order valence-corrected chi connectivity index (χ4v) is 3.93. The number of thiophene rings is 1. The monoisotopic (exact) mass is 376 g/mol. The van der Waals surface area contributed by atoms with Gasteiger partial charge in [-0.1, -0.05) is 23.9 Å². The molecule has 8 heteroatoms. The van der Waals surface area contributed by atoms with Crippen LogP contribution < -0.4 is 5.32 Å². The Kier molecular flexibility index (Phi) is 5.50. The minimum Gasteiger partial charge on any atom is -0.344 e. The number of hydrogen-bond acceptors (Lipinski definition) is 5. The Morgan fingerprint density at radius 2 is 2.04 bits per heavy atom. The second-order valence-corrected chi connectivity index (χ2v) is 7.35. The van der Waals surface area contributed by atoms with E-state index in [1.165, 1.54) is 35.2 Å². The van der Waals surface area contributed by atoms with Gasteiger partial charge in [0.2, 0.25) is 0 Å². The third-order valence-electron chi connectivity index (χ3n) is 3.68. The lowest BCUT2D eigenvalue weighted by molar-refractivity contribution is 0.0953. The number of thioether (sulfide) groups is 1. The molecule has 3 rings (SSSR count). The minimum absolute atomic E-state index is 0.101. The summed E-state index contributed by atoms with van der Waals surface area (Å²) in [5, 5.41) is 13.8. The van der Waals surface area contributed by atoms with Crippen LogP contribution in [0.2, 0.25) is 0 Å². The van der Waals surface area contributed by atoms with Crippen molar-refractivity contribution in [3.05, 3.63) is 63.4 Å². The molecule has 0 spiro atoms. The zero-order valence-corrected chi connectivity index (χ0v) is 15.5. The van der Waals surface area contributed by atoms with Crippen LogP contribution in [-0.2, 0) is 19.3 Å². The Bertz CT molecular complexity index is 873. The summed E-state index contributed by atoms with van der Waals surface area (Å²) in [5.41, 5.74) is 1.98. The first kappa shape index (κ1) is 17.6. The zero-order valence-electron chi connectivity index (χ0n) is 13.8. The van der Waals surface area contributed by atoms with E-state index in [0.717, 1.165) is 16.3 Å². The van der Waals surface area contributed by atoms with Gasteiger partial charge >= 0.3 is 0 Å². The highest BCUT2D eigenvalue weighted by molar-refractivity contribution is 7.98. The van der Waals surface area contributed by atoms with Gasteiger partial charge in [-0.2, -0.15) is 0 Å². The van der Waals surface area contributed by atoms with Crippen molar-refractivity contribution < 1.29 is 9.18 Å². The molecule has 0 atom stereocenters. The Morgan fingerprint density at radius 1 is 1.28 bits per heavy atom. The summed E-state index contributed by atoms with van der Waals surface area (Å²) < 4.78 is 14.8. The van der Waals surface area contributed by atoms with Crippen LogP contribution >= 0.6 is 23.1 Å². The van der Waals surface area contributed by atoms with Crippen molar-refractivity contribution in [3.8, 4) is 0 Å². The van der Waals surface area contributed by atoms with Gasteiger partial charge in [0.25, 0.3) is 5.91 Å². The Labute approximate surface area is 153 Å². The molecule has 1 N–H and O–H groups in total. The van der Waals surface area contributed by atoms with Gasteiger partial charge in [-0.05, 0) is 41.6 Å². The van der Waals surface area contributed by atoms with E-state index >= 15 is 0 Å². The van der Waals surface area contributed by atoms with Crippen LogP contribution in [0.1, 0.15) is 26.6 Å². The average Bonchev–Trinajstić information content (AvgIpc) is 3.18. The van der Waals surface area contributed by atoms with E-state index in [0.29, 0.717) is 23.0 Å². The van der Waals surface area contributed by atoms with Crippen LogP contribution in [-0.4, -0.2) is 20.7 Å². The number of carbonyl (C=O) groups is 1. The standard InChI is InChI=1S/C17H17FN4OS2/c1-11-7-8-24-15(11)16(23)19-9-14-20-21-17(22(14)2)25-10-12-3-5-13(18)6-4-12/h3-8H,9-10H2,1-2H3,(H,19,23). The number of hydrogen-bond donors (Lipinski definition) is 1. The van der Waals surface area contributed by atoms with Gasteiger partial charge in [-0.15, -0.1) is 21.5 Å². The van der Waals surface area contributed by atoms with E-state index in [1.54, 1.807) is 12.1 Å². The van der Waals surface area contributed by atoms with Crippen LogP contribution in [0.4, 0.5) is 4.39 Å².